The quantitative estimate of drug-likeness (QED) is 0.292. The average Bonchev–Trinajstić information content (AvgIpc) is 2.78. The van der Waals surface area contributed by atoms with Crippen LogP contribution in [0, 0.1) is 0 Å². The van der Waals surface area contributed by atoms with Crippen molar-refractivity contribution in [1.29, 1.82) is 0 Å². The third-order valence-corrected chi connectivity index (χ3v) is 5.64. The molecule has 0 amide bonds. The molecule has 3 rings (SSSR count). The maximum atomic E-state index is 12.4. The van der Waals surface area contributed by atoms with Crippen LogP contribution in [-0.4, -0.2) is 6.61 Å². The summed E-state index contributed by atoms with van der Waals surface area (Å²) in [7, 11) is 0. The number of rotatable bonds is 11. The molecule has 0 bridgehead atoms. The topological polar surface area (TPSA) is 18.5 Å². The Morgan fingerprint density at radius 2 is 1.61 bits per heavy atom. The summed E-state index contributed by atoms with van der Waals surface area (Å²) in [4.78, 5) is 0. The SMILES string of the molecule is C=CC(CC)(CCCc1cccc(Oc2ccccc2)c1)c1ccc(OC(F)F)cc1. The maximum absolute atomic E-state index is 12.4. The summed E-state index contributed by atoms with van der Waals surface area (Å²) in [5.74, 6) is 1.81. The molecule has 0 fully saturated rings. The number of aryl methyl sites for hydroxylation is 1. The van der Waals surface area contributed by atoms with E-state index in [0.717, 1.165) is 42.7 Å². The van der Waals surface area contributed by atoms with E-state index >= 15 is 0 Å². The van der Waals surface area contributed by atoms with E-state index in [4.69, 9.17) is 4.74 Å². The van der Waals surface area contributed by atoms with Crippen molar-refractivity contribution in [1.82, 2.24) is 0 Å². The second kappa shape index (κ2) is 10.8. The molecule has 3 aromatic rings. The molecule has 0 aromatic heterocycles. The van der Waals surface area contributed by atoms with Crippen LogP contribution in [0.15, 0.2) is 91.5 Å². The van der Waals surface area contributed by atoms with E-state index in [1.54, 1.807) is 12.1 Å². The van der Waals surface area contributed by atoms with Crippen molar-refractivity contribution in [3.05, 3.63) is 103 Å². The molecule has 2 nitrogen and oxygen atoms in total. The third kappa shape index (κ3) is 6.17. The second-order valence-electron chi connectivity index (χ2n) is 7.53. The molecular formula is C27H28F2O2. The first kappa shape index (κ1) is 22.5. The lowest BCUT2D eigenvalue weighted by molar-refractivity contribution is -0.0498. The van der Waals surface area contributed by atoms with Gasteiger partial charge in [-0.25, -0.2) is 0 Å². The fourth-order valence-electron chi connectivity index (χ4n) is 3.85. The van der Waals surface area contributed by atoms with Gasteiger partial charge in [-0.1, -0.05) is 55.5 Å². The number of hydrogen-bond acceptors (Lipinski definition) is 2. The third-order valence-electron chi connectivity index (χ3n) is 5.64. The van der Waals surface area contributed by atoms with Gasteiger partial charge in [-0.05, 0) is 73.2 Å². The molecule has 0 aliphatic rings. The van der Waals surface area contributed by atoms with E-state index in [1.165, 1.54) is 5.56 Å². The van der Waals surface area contributed by atoms with Crippen molar-refractivity contribution in [3.63, 3.8) is 0 Å². The van der Waals surface area contributed by atoms with E-state index in [2.05, 4.69) is 30.4 Å². The number of allylic oxidation sites excluding steroid dienone is 1. The first-order valence-electron chi connectivity index (χ1n) is 10.6. The first-order valence-corrected chi connectivity index (χ1v) is 10.6. The Morgan fingerprint density at radius 1 is 0.903 bits per heavy atom. The lowest BCUT2D eigenvalue weighted by Gasteiger charge is -2.30. The van der Waals surface area contributed by atoms with Gasteiger partial charge in [0.1, 0.15) is 17.2 Å². The average molecular weight is 423 g/mol. The minimum Gasteiger partial charge on any atom is -0.457 e. The highest BCUT2D eigenvalue weighted by molar-refractivity contribution is 5.36. The van der Waals surface area contributed by atoms with Crippen molar-refractivity contribution in [2.75, 3.05) is 0 Å². The predicted octanol–water partition coefficient (Wildman–Crippen LogP) is 7.94. The minimum absolute atomic E-state index is 0.169. The van der Waals surface area contributed by atoms with Gasteiger partial charge in [0.05, 0.1) is 0 Å². The molecule has 31 heavy (non-hydrogen) atoms. The van der Waals surface area contributed by atoms with Gasteiger partial charge in [-0.3, -0.25) is 0 Å². The summed E-state index contributed by atoms with van der Waals surface area (Å²) in [5, 5.41) is 0. The van der Waals surface area contributed by atoms with E-state index in [1.807, 2.05) is 60.7 Å². The fourth-order valence-corrected chi connectivity index (χ4v) is 3.85. The number of benzene rings is 3. The van der Waals surface area contributed by atoms with E-state index in [0.29, 0.717) is 0 Å². The first-order chi connectivity index (χ1) is 15.0. The molecule has 0 saturated carbocycles. The van der Waals surface area contributed by atoms with Crippen LogP contribution in [0.2, 0.25) is 0 Å². The van der Waals surface area contributed by atoms with E-state index in [-0.39, 0.29) is 11.2 Å². The second-order valence-corrected chi connectivity index (χ2v) is 7.53. The van der Waals surface area contributed by atoms with E-state index < -0.39 is 6.61 Å². The molecule has 0 saturated heterocycles. The zero-order chi connectivity index (χ0) is 22.1. The molecule has 0 N–H and O–H groups in total. The van der Waals surface area contributed by atoms with Gasteiger partial charge in [-0.2, -0.15) is 8.78 Å². The van der Waals surface area contributed by atoms with Gasteiger partial charge < -0.3 is 9.47 Å². The zero-order valence-corrected chi connectivity index (χ0v) is 17.8. The standard InChI is InChI=1S/C27H28F2O2/c1-3-27(4-2,22-15-17-24(18-16-22)31-26(28)29)19-9-11-21-10-8-14-25(20-21)30-23-12-6-5-7-13-23/h3,5-8,10,12-18,20,26H,1,4,9,11,19H2,2H3. The summed E-state index contributed by atoms with van der Waals surface area (Å²) in [6.07, 6.45) is 5.64. The smallest absolute Gasteiger partial charge is 0.387 e. The number of para-hydroxylation sites is 1. The highest BCUT2D eigenvalue weighted by Gasteiger charge is 2.26. The van der Waals surface area contributed by atoms with Crippen molar-refractivity contribution in [3.8, 4) is 17.2 Å². The minimum atomic E-state index is -2.82. The van der Waals surface area contributed by atoms with Crippen LogP contribution in [0.3, 0.4) is 0 Å². The Balaban J connectivity index is 1.64. The van der Waals surface area contributed by atoms with Crippen molar-refractivity contribution in [2.45, 2.75) is 44.6 Å². The van der Waals surface area contributed by atoms with Crippen LogP contribution in [0.25, 0.3) is 0 Å². The van der Waals surface area contributed by atoms with Crippen molar-refractivity contribution < 1.29 is 18.3 Å². The molecule has 0 heterocycles. The molecule has 0 radical (unpaired) electrons. The molecule has 4 heteroatoms. The predicted molar refractivity (Wildman–Crippen MR) is 121 cm³/mol. The highest BCUT2D eigenvalue weighted by Crippen LogP contribution is 2.36. The number of ether oxygens (including phenoxy) is 2. The van der Waals surface area contributed by atoms with Gasteiger partial charge in [0.15, 0.2) is 0 Å². The lowest BCUT2D eigenvalue weighted by Crippen LogP contribution is -2.22. The Bertz CT molecular complexity index is 954. The van der Waals surface area contributed by atoms with E-state index in [9.17, 15) is 8.78 Å². The van der Waals surface area contributed by atoms with Gasteiger partial charge >= 0.3 is 6.61 Å². The molecule has 3 aromatic carbocycles. The summed E-state index contributed by atoms with van der Waals surface area (Å²) in [6, 6.07) is 24.8. The normalized spacial score (nSPS) is 12.9. The molecule has 0 aliphatic heterocycles. The molecule has 0 aliphatic carbocycles. The van der Waals surface area contributed by atoms with Gasteiger partial charge in [-0.15, -0.1) is 6.58 Å². The van der Waals surface area contributed by atoms with Crippen molar-refractivity contribution in [2.24, 2.45) is 0 Å². The summed E-state index contributed by atoms with van der Waals surface area (Å²) < 4.78 is 35.2. The van der Waals surface area contributed by atoms with Gasteiger partial charge in [0, 0.05) is 5.41 Å². The summed E-state index contributed by atoms with van der Waals surface area (Å²) in [6.45, 7) is 3.37. The van der Waals surface area contributed by atoms with Crippen LogP contribution in [0.4, 0.5) is 8.78 Å². The lowest BCUT2D eigenvalue weighted by atomic mass is 9.74. The van der Waals surface area contributed by atoms with Crippen LogP contribution in [0.1, 0.15) is 37.3 Å². The number of halogens is 2. The largest absolute Gasteiger partial charge is 0.457 e. The number of hydrogen-bond donors (Lipinski definition) is 0. The van der Waals surface area contributed by atoms with Crippen LogP contribution >= 0.6 is 0 Å². The molecular weight excluding hydrogens is 394 g/mol. The number of alkyl halides is 2. The van der Waals surface area contributed by atoms with Crippen molar-refractivity contribution >= 4 is 0 Å². The molecule has 1 unspecified atom stereocenters. The van der Waals surface area contributed by atoms with Crippen LogP contribution < -0.4 is 9.47 Å². The monoisotopic (exact) mass is 422 g/mol. The van der Waals surface area contributed by atoms with Crippen LogP contribution in [0.5, 0.6) is 17.2 Å². The molecule has 0 spiro atoms. The molecule has 162 valence electrons. The summed E-state index contributed by atoms with van der Waals surface area (Å²) >= 11 is 0. The Kier molecular flexibility index (Phi) is 7.82. The van der Waals surface area contributed by atoms with Crippen LogP contribution in [-0.2, 0) is 11.8 Å². The van der Waals surface area contributed by atoms with Gasteiger partial charge in [0.25, 0.3) is 0 Å². The highest BCUT2D eigenvalue weighted by atomic mass is 19.3. The molecule has 1 atom stereocenters. The Morgan fingerprint density at radius 3 is 2.26 bits per heavy atom. The summed E-state index contributed by atoms with van der Waals surface area (Å²) in [5.41, 5.74) is 2.07. The zero-order valence-electron chi connectivity index (χ0n) is 17.8. The Hall–Kier alpha value is -3.14. The fraction of sp³-hybridized carbons (Fsp3) is 0.259. The van der Waals surface area contributed by atoms with Gasteiger partial charge in [0.2, 0.25) is 0 Å². The maximum Gasteiger partial charge on any atom is 0.387 e. The Labute approximate surface area is 183 Å².